The van der Waals surface area contributed by atoms with E-state index < -0.39 is 0 Å². The van der Waals surface area contributed by atoms with Crippen molar-refractivity contribution in [3.8, 4) is 0 Å². The van der Waals surface area contributed by atoms with E-state index in [4.69, 9.17) is 5.11 Å². The molecule has 0 aliphatic heterocycles. The summed E-state index contributed by atoms with van der Waals surface area (Å²) in [6.45, 7) is 11.1. The highest BCUT2D eigenvalue weighted by Crippen LogP contribution is 2.03. The van der Waals surface area contributed by atoms with E-state index in [2.05, 4.69) is 6.58 Å². The van der Waals surface area contributed by atoms with Crippen molar-refractivity contribution in [3.63, 3.8) is 0 Å². The lowest BCUT2D eigenvalue weighted by Gasteiger charge is -1.94. The van der Waals surface area contributed by atoms with E-state index in [0.717, 1.165) is 5.57 Å². The van der Waals surface area contributed by atoms with Crippen molar-refractivity contribution in [1.29, 1.82) is 0 Å². The number of hydrogen-bond donors (Lipinski definition) is 1. The van der Waals surface area contributed by atoms with Crippen LogP contribution in [0, 0.1) is 0 Å². The van der Waals surface area contributed by atoms with Crippen LogP contribution in [0.3, 0.4) is 0 Å². The van der Waals surface area contributed by atoms with Gasteiger partial charge in [-0.1, -0.05) is 32.6 Å². The zero-order chi connectivity index (χ0) is 9.28. The standard InChI is InChI=1S/C8H12O.C2H6/c1-4-6-7(3)8(9)5-2;1-2/h4-6,9H,1H2,2-3H3;1-2H3/b7-6-,8-5+;. The molecule has 0 saturated carbocycles. The second-order valence-corrected chi connectivity index (χ2v) is 1.76. The summed E-state index contributed by atoms with van der Waals surface area (Å²) < 4.78 is 0. The highest BCUT2D eigenvalue weighted by atomic mass is 16.3. The number of aliphatic hydroxyl groups is 1. The Balaban J connectivity index is 0. The summed E-state index contributed by atoms with van der Waals surface area (Å²) in [5.74, 6) is 0.315. The Morgan fingerprint density at radius 2 is 1.82 bits per heavy atom. The third-order valence-electron chi connectivity index (χ3n) is 1.05. The van der Waals surface area contributed by atoms with E-state index in [9.17, 15) is 0 Å². The lowest BCUT2D eigenvalue weighted by atomic mass is 10.2. The minimum absolute atomic E-state index is 0.315. The van der Waals surface area contributed by atoms with Crippen LogP contribution < -0.4 is 0 Å². The molecule has 0 aromatic heterocycles. The van der Waals surface area contributed by atoms with Gasteiger partial charge in [0.1, 0.15) is 5.76 Å². The van der Waals surface area contributed by atoms with Crippen molar-refractivity contribution in [1.82, 2.24) is 0 Å². The molecular formula is C10H18O. The van der Waals surface area contributed by atoms with Crippen LogP contribution in [0.15, 0.2) is 36.1 Å². The Morgan fingerprint density at radius 1 is 1.36 bits per heavy atom. The Morgan fingerprint density at radius 3 is 2.09 bits per heavy atom. The summed E-state index contributed by atoms with van der Waals surface area (Å²) >= 11 is 0. The van der Waals surface area contributed by atoms with Gasteiger partial charge in [-0.05, 0) is 25.5 Å². The van der Waals surface area contributed by atoms with Crippen LogP contribution in [0.2, 0.25) is 0 Å². The van der Waals surface area contributed by atoms with Gasteiger partial charge in [0.15, 0.2) is 0 Å². The van der Waals surface area contributed by atoms with Crippen LogP contribution in [0.25, 0.3) is 0 Å². The van der Waals surface area contributed by atoms with E-state index in [-0.39, 0.29) is 0 Å². The molecule has 1 heteroatoms. The zero-order valence-corrected chi connectivity index (χ0v) is 7.89. The third-order valence-corrected chi connectivity index (χ3v) is 1.05. The van der Waals surface area contributed by atoms with E-state index in [1.165, 1.54) is 0 Å². The van der Waals surface area contributed by atoms with Crippen molar-refractivity contribution in [2.24, 2.45) is 0 Å². The Kier molecular flexibility index (Phi) is 10.4. The maximum Gasteiger partial charge on any atom is 0.114 e. The molecule has 1 nitrogen and oxygen atoms in total. The van der Waals surface area contributed by atoms with Crippen LogP contribution in [-0.4, -0.2) is 5.11 Å². The lowest BCUT2D eigenvalue weighted by Crippen LogP contribution is -1.79. The fourth-order valence-electron chi connectivity index (χ4n) is 0.490. The average Bonchev–Trinajstić information content (AvgIpc) is 2.07. The number of hydrogen-bond acceptors (Lipinski definition) is 1. The Hall–Kier alpha value is -0.980. The molecule has 0 spiro atoms. The molecule has 0 radical (unpaired) electrons. The summed E-state index contributed by atoms with van der Waals surface area (Å²) in [5.41, 5.74) is 0.840. The van der Waals surface area contributed by atoms with E-state index in [0.29, 0.717) is 5.76 Å². The first-order valence-electron chi connectivity index (χ1n) is 3.87. The molecule has 0 aliphatic carbocycles. The fourth-order valence-corrected chi connectivity index (χ4v) is 0.490. The molecule has 1 N–H and O–H groups in total. The first-order valence-corrected chi connectivity index (χ1v) is 3.87. The predicted molar refractivity (Wildman–Crippen MR) is 51.7 cm³/mol. The normalized spacial score (nSPS) is 11.6. The summed E-state index contributed by atoms with van der Waals surface area (Å²) in [4.78, 5) is 0. The van der Waals surface area contributed by atoms with Crippen LogP contribution in [0.1, 0.15) is 27.7 Å². The second kappa shape index (κ2) is 9.02. The van der Waals surface area contributed by atoms with E-state index >= 15 is 0 Å². The molecule has 0 atom stereocenters. The van der Waals surface area contributed by atoms with Crippen molar-refractivity contribution >= 4 is 0 Å². The maximum absolute atomic E-state index is 9.00. The molecule has 0 rings (SSSR count). The smallest absolute Gasteiger partial charge is 0.114 e. The monoisotopic (exact) mass is 154 g/mol. The quantitative estimate of drug-likeness (QED) is 0.476. The molecule has 0 aromatic carbocycles. The maximum atomic E-state index is 9.00. The molecule has 0 fully saturated rings. The van der Waals surface area contributed by atoms with Gasteiger partial charge in [-0.3, -0.25) is 0 Å². The van der Waals surface area contributed by atoms with E-state index in [1.54, 1.807) is 25.2 Å². The van der Waals surface area contributed by atoms with Gasteiger partial charge in [0, 0.05) is 0 Å². The molecule has 0 amide bonds. The minimum atomic E-state index is 0.315. The van der Waals surface area contributed by atoms with Gasteiger partial charge in [-0.2, -0.15) is 0 Å². The Labute approximate surface area is 69.8 Å². The van der Waals surface area contributed by atoms with Crippen LogP contribution in [-0.2, 0) is 0 Å². The van der Waals surface area contributed by atoms with Crippen LogP contribution in [0.4, 0.5) is 0 Å². The molecule has 0 bridgehead atoms. The number of allylic oxidation sites excluding steroid dienone is 4. The third kappa shape index (κ3) is 6.91. The van der Waals surface area contributed by atoms with Crippen LogP contribution >= 0.6 is 0 Å². The molecule has 0 aliphatic rings. The molecule has 0 heterocycles. The highest BCUT2D eigenvalue weighted by molar-refractivity contribution is 5.25. The topological polar surface area (TPSA) is 20.2 Å². The summed E-state index contributed by atoms with van der Waals surface area (Å²) in [7, 11) is 0. The minimum Gasteiger partial charge on any atom is -0.508 e. The highest BCUT2D eigenvalue weighted by Gasteiger charge is 1.89. The average molecular weight is 154 g/mol. The van der Waals surface area contributed by atoms with Crippen LogP contribution in [0.5, 0.6) is 0 Å². The number of rotatable bonds is 2. The molecule has 64 valence electrons. The van der Waals surface area contributed by atoms with Crippen molar-refractivity contribution in [2.45, 2.75) is 27.7 Å². The fraction of sp³-hybridized carbons (Fsp3) is 0.400. The molecule has 11 heavy (non-hydrogen) atoms. The largest absolute Gasteiger partial charge is 0.508 e. The van der Waals surface area contributed by atoms with Gasteiger partial charge >= 0.3 is 0 Å². The Bertz CT molecular complexity index is 152. The predicted octanol–water partition coefficient (Wildman–Crippen LogP) is 3.61. The van der Waals surface area contributed by atoms with E-state index in [1.807, 2.05) is 20.8 Å². The first kappa shape index (κ1) is 12.7. The van der Waals surface area contributed by atoms with Gasteiger partial charge in [0.05, 0.1) is 0 Å². The van der Waals surface area contributed by atoms with Gasteiger partial charge in [0.2, 0.25) is 0 Å². The number of aliphatic hydroxyl groups excluding tert-OH is 1. The van der Waals surface area contributed by atoms with Crippen molar-refractivity contribution in [3.05, 3.63) is 36.1 Å². The van der Waals surface area contributed by atoms with Crippen molar-refractivity contribution in [2.75, 3.05) is 0 Å². The SMILES string of the molecule is C=C/C=C(C)\C(O)=C/C.CC. The zero-order valence-electron chi connectivity index (χ0n) is 7.89. The first-order chi connectivity index (χ1) is 5.22. The molecule has 0 unspecified atom stereocenters. The summed E-state index contributed by atoms with van der Waals surface area (Å²) in [6, 6.07) is 0. The van der Waals surface area contributed by atoms with Gasteiger partial charge in [-0.15, -0.1) is 0 Å². The summed E-state index contributed by atoms with van der Waals surface area (Å²) in [5, 5.41) is 9.00. The molecule has 0 aromatic rings. The van der Waals surface area contributed by atoms with Gasteiger partial charge in [0.25, 0.3) is 0 Å². The van der Waals surface area contributed by atoms with Crippen molar-refractivity contribution < 1.29 is 5.11 Å². The second-order valence-electron chi connectivity index (χ2n) is 1.76. The van der Waals surface area contributed by atoms with Gasteiger partial charge < -0.3 is 5.11 Å². The lowest BCUT2D eigenvalue weighted by molar-refractivity contribution is 0.422. The molecular weight excluding hydrogens is 136 g/mol. The summed E-state index contributed by atoms with van der Waals surface area (Å²) in [6.07, 6.45) is 5.06. The van der Waals surface area contributed by atoms with Gasteiger partial charge in [-0.25, -0.2) is 0 Å². The molecule has 0 saturated heterocycles.